The fourth-order valence-corrected chi connectivity index (χ4v) is 7.89. The number of nitrogens with zero attached hydrogens (tertiary/aromatic N) is 2. The highest BCUT2D eigenvalue weighted by molar-refractivity contribution is 7.89. The molecule has 3 aliphatic heterocycles. The van der Waals surface area contributed by atoms with Crippen LogP contribution in [0.25, 0.3) is 0 Å². The van der Waals surface area contributed by atoms with Gasteiger partial charge >= 0.3 is 0 Å². The van der Waals surface area contributed by atoms with E-state index in [1.165, 1.54) is 19.3 Å². The van der Waals surface area contributed by atoms with Crippen LogP contribution in [0, 0.1) is 12.3 Å². The molecule has 7 nitrogen and oxygen atoms in total. The van der Waals surface area contributed by atoms with Gasteiger partial charge in [0, 0.05) is 31.7 Å². The van der Waals surface area contributed by atoms with Crippen molar-refractivity contribution in [2.45, 2.75) is 81.8 Å². The molecule has 4 rings (SSSR count). The average molecular weight is 426 g/mol. The first kappa shape index (κ1) is 21.5. The second-order valence-electron chi connectivity index (χ2n) is 9.70. The van der Waals surface area contributed by atoms with Crippen LogP contribution in [0.2, 0.25) is 0 Å². The zero-order valence-electron chi connectivity index (χ0n) is 17.5. The summed E-state index contributed by atoms with van der Waals surface area (Å²) in [6.07, 6.45) is 12.5. The van der Waals surface area contributed by atoms with Crippen LogP contribution < -0.4 is 10.5 Å². The van der Waals surface area contributed by atoms with Gasteiger partial charge in [-0.05, 0) is 63.8 Å². The third-order valence-corrected chi connectivity index (χ3v) is 9.32. The van der Waals surface area contributed by atoms with Gasteiger partial charge in [0.2, 0.25) is 15.9 Å². The number of likely N-dealkylation sites (tertiary alicyclic amines) is 1. The molecule has 0 aromatic heterocycles. The first-order valence-electron chi connectivity index (χ1n) is 11.5. The Morgan fingerprint density at radius 1 is 1.14 bits per heavy atom. The average Bonchev–Trinajstić information content (AvgIpc) is 3.18. The van der Waals surface area contributed by atoms with Crippen molar-refractivity contribution in [3.05, 3.63) is 6.42 Å². The van der Waals surface area contributed by atoms with E-state index in [0.29, 0.717) is 12.0 Å². The van der Waals surface area contributed by atoms with Gasteiger partial charge in [-0.25, -0.2) is 13.1 Å². The monoisotopic (exact) mass is 425 g/mol. The molecule has 3 N–H and O–H groups in total. The number of fused-ring (bicyclic) bond motifs is 2. The molecule has 0 spiro atoms. The van der Waals surface area contributed by atoms with Crippen molar-refractivity contribution in [2.75, 3.05) is 31.9 Å². The molecular weight excluding hydrogens is 388 g/mol. The Morgan fingerprint density at radius 2 is 1.93 bits per heavy atom. The van der Waals surface area contributed by atoms with E-state index in [9.17, 15) is 13.2 Å². The third-order valence-electron chi connectivity index (χ3n) is 7.72. The third kappa shape index (κ3) is 4.81. The summed E-state index contributed by atoms with van der Waals surface area (Å²) in [6, 6.07) is 0.448. The molecule has 1 saturated carbocycles. The molecule has 1 aliphatic carbocycles. The molecule has 4 fully saturated rings. The van der Waals surface area contributed by atoms with E-state index in [4.69, 9.17) is 5.73 Å². The summed E-state index contributed by atoms with van der Waals surface area (Å²) >= 11 is 0. The maximum atomic E-state index is 12.6. The lowest BCUT2D eigenvalue weighted by molar-refractivity contribution is -0.130. The van der Waals surface area contributed by atoms with Gasteiger partial charge in [0.25, 0.3) is 0 Å². The minimum atomic E-state index is -3.20. The molecule has 3 heterocycles. The van der Waals surface area contributed by atoms with E-state index in [2.05, 4.69) is 20.9 Å². The Kier molecular flexibility index (Phi) is 6.54. The van der Waals surface area contributed by atoms with Crippen LogP contribution in [0.1, 0.15) is 64.2 Å². The lowest BCUT2D eigenvalue weighted by Gasteiger charge is -2.43. The predicted molar refractivity (Wildman–Crippen MR) is 114 cm³/mol. The fourth-order valence-electron chi connectivity index (χ4n) is 6.14. The minimum Gasteiger partial charge on any atom is -0.368 e. The van der Waals surface area contributed by atoms with Crippen LogP contribution in [0.3, 0.4) is 0 Å². The summed E-state index contributed by atoms with van der Waals surface area (Å²) in [6.45, 7) is 3.37. The van der Waals surface area contributed by atoms with Gasteiger partial charge in [-0.15, -0.1) is 0 Å². The lowest BCUT2D eigenvalue weighted by Crippen LogP contribution is -2.59. The number of sulfonamides is 1. The van der Waals surface area contributed by atoms with Gasteiger partial charge in [-0.1, -0.05) is 19.3 Å². The van der Waals surface area contributed by atoms with Crippen LogP contribution in [0.5, 0.6) is 0 Å². The SMILES string of the molecule is NC(=O)[C@]12C[CH]C[C@H](CC1)N2CCN1CC[C@@H](NS(=O)(=O)CC2CCCCC2)C1. The van der Waals surface area contributed by atoms with E-state index >= 15 is 0 Å². The van der Waals surface area contributed by atoms with Crippen molar-refractivity contribution in [1.29, 1.82) is 0 Å². The van der Waals surface area contributed by atoms with Crippen LogP contribution in [0.4, 0.5) is 0 Å². The van der Waals surface area contributed by atoms with Gasteiger partial charge in [-0.3, -0.25) is 9.69 Å². The number of piperidine rings is 1. The number of nitrogens with two attached hydrogens (primary N) is 1. The Labute approximate surface area is 175 Å². The van der Waals surface area contributed by atoms with Crippen LogP contribution in [-0.4, -0.2) is 73.7 Å². The molecular formula is C21H37N4O3S. The largest absolute Gasteiger partial charge is 0.368 e. The minimum absolute atomic E-state index is 0.0140. The molecule has 165 valence electrons. The highest BCUT2D eigenvalue weighted by atomic mass is 32.2. The molecule has 3 saturated heterocycles. The van der Waals surface area contributed by atoms with Crippen LogP contribution in [0.15, 0.2) is 0 Å². The van der Waals surface area contributed by atoms with E-state index in [-0.39, 0.29) is 17.7 Å². The van der Waals surface area contributed by atoms with E-state index in [1.54, 1.807) is 0 Å². The summed E-state index contributed by atoms with van der Waals surface area (Å²) in [4.78, 5) is 16.9. The molecule has 8 heteroatoms. The molecule has 1 amide bonds. The van der Waals surface area contributed by atoms with Gasteiger partial charge < -0.3 is 10.6 Å². The lowest BCUT2D eigenvalue weighted by atomic mass is 9.87. The van der Waals surface area contributed by atoms with Crippen molar-refractivity contribution >= 4 is 15.9 Å². The standard InChI is InChI=1S/C21H37N4O3S/c22-20(26)21-10-4-7-19(8-11-21)25(21)14-13-24-12-9-18(15-24)23-29(27,28)16-17-5-2-1-3-6-17/h4,17-19,23H,1-3,5-16H2,(H2,22,26)/t18-,19-,21+/m1/s1. The van der Waals surface area contributed by atoms with Crippen LogP contribution in [-0.2, 0) is 14.8 Å². The summed E-state index contributed by atoms with van der Waals surface area (Å²) in [5.74, 6) is 0.428. The predicted octanol–water partition coefficient (Wildman–Crippen LogP) is 1.25. The summed E-state index contributed by atoms with van der Waals surface area (Å²) in [7, 11) is -3.20. The number of carbonyl (C=O) groups is 1. The summed E-state index contributed by atoms with van der Waals surface area (Å²) in [5.41, 5.74) is 5.31. The Bertz CT molecular complexity index is 690. The number of carbonyl (C=O) groups excluding carboxylic acids is 1. The highest BCUT2D eigenvalue weighted by Crippen LogP contribution is 2.43. The zero-order valence-corrected chi connectivity index (χ0v) is 18.3. The van der Waals surface area contributed by atoms with E-state index < -0.39 is 15.6 Å². The first-order chi connectivity index (χ1) is 13.9. The second-order valence-corrected chi connectivity index (χ2v) is 11.5. The van der Waals surface area contributed by atoms with Crippen molar-refractivity contribution in [3.8, 4) is 0 Å². The van der Waals surface area contributed by atoms with Crippen molar-refractivity contribution in [1.82, 2.24) is 14.5 Å². The Hall–Kier alpha value is -0.700. The number of amides is 1. The second kappa shape index (κ2) is 8.81. The summed E-state index contributed by atoms with van der Waals surface area (Å²) < 4.78 is 28.1. The van der Waals surface area contributed by atoms with Crippen LogP contribution >= 0.6 is 0 Å². The van der Waals surface area contributed by atoms with Crippen molar-refractivity contribution in [2.24, 2.45) is 11.7 Å². The normalized spacial score (nSPS) is 34.6. The smallest absolute Gasteiger partial charge is 0.237 e. The number of nitrogens with one attached hydrogen (secondary N) is 1. The van der Waals surface area contributed by atoms with Crippen molar-refractivity contribution < 1.29 is 13.2 Å². The molecule has 0 aromatic rings. The zero-order chi connectivity index (χ0) is 20.5. The van der Waals surface area contributed by atoms with Gasteiger partial charge in [0.05, 0.1) is 5.75 Å². The fraction of sp³-hybridized carbons (Fsp3) is 0.905. The Morgan fingerprint density at radius 3 is 2.69 bits per heavy atom. The molecule has 2 bridgehead atoms. The van der Waals surface area contributed by atoms with E-state index in [0.717, 1.165) is 71.1 Å². The number of hydrogen-bond acceptors (Lipinski definition) is 5. The van der Waals surface area contributed by atoms with Gasteiger partial charge in [-0.2, -0.15) is 0 Å². The molecule has 0 aromatic carbocycles. The molecule has 0 unspecified atom stereocenters. The van der Waals surface area contributed by atoms with E-state index in [1.807, 2.05) is 0 Å². The number of hydrogen-bond donors (Lipinski definition) is 2. The molecule has 4 aliphatic rings. The van der Waals surface area contributed by atoms with Gasteiger partial charge in [0.15, 0.2) is 0 Å². The quantitative estimate of drug-likeness (QED) is 0.610. The number of primary amides is 1. The first-order valence-corrected chi connectivity index (χ1v) is 13.1. The maximum Gasteiger partial charge on any atom is 0.237 e. The maximum absolute atomic E-state index is 12.6. The topological polar surface area (TPSA) is 95.7 Å². The molecule has 3 atom stereocenters. The summed E-state index contributed by atoms with van der Waals surface area (Å²) in [5, 5.41) is 0. The Balaban J connectivity index is 1.25. The van der Waals surface area contributed by atoms with Crippen molar-refractivity contribution in [3.63, 3.8) is 0 Å². The number of rotatable bonds is 8. The molecule has 29 heavy (non-hydrogen) atoms. The molecule has 1 radical (unpaired) electrons. The van der Waals surface area contributed by atoms with Gasteiger partial charge in [0.1, 0.15) is 5.54 Å². The highest BCUT2D eigenvalue weighted by Gasteiger charge is 2.52.